The molecule has 3 aromatic heterocycles. The molecular formula is C21H19N5O2S. The number of nitrogens with zero attached hydrogens (tertiary/aromatic N) is 4. The zero-order chi connectivity index (χ0) is 20.1. The molecule has 1 amide bonds. The largest absolute Gasteiger partial charge is 0.360 e. The molecule has 7 nitrogen and oxygen atoms in total. The van der Waals surface area contributed by atoms with Crippen molar-refractivity contribution in [3.63, 3.8) is 0 Å². The van der Waals surface area contributed by atoms with Crippen LogP contribution in [-0.4, -0.2) is 25.8 Å². The molecule has 4 rings (SSSR count). The van der Waals surface area contributed by atoms with E-state index in [2.05, 4.69) is 20.6 Å². The molecule has 0 saturated heterocycles. The highest BCUT2D eigenvalue weighted by Gasteiger charge is 2.12. The number of benzene rings is 1. The summed E-state index contributed by atoms with van der Waals surface area (Å²) in [5, 5.41) is 11.1. The van der Waals surface area contributed by atoms with E-state index in [1.54, 1.807) is 28.8 Å². The van der Waals surface area contributed by atoms with Gasteiger partial charge in [0.1, 0.15) is 5.76 Å². The van der Waals surface area contributed by atoms with Crippen molar-refractivity contribution < 1.29 is 9.32 Å². The van der Waals surface area contributed by atoms with E-state index in [1.165, 1.54) is 0 Å². The number of carbonyl (C=O) groups is 1. The molecule has 0 fully saturated rings. The summed E-state index contributed by atoms with van der Waals surface area (Å²) < 4.78 is 6.93. The van der Waals surface area contributed by atoms with E-state index in [0.29, 0.717) is 23.7 Å². The number of rotatable bonds is 7. The normalized spacial score (nSPS) is 10.8. The number of hydrogen-bond acceptors (Lipinski definition) is 6. The van der Waals surface area contributed by atoms with E-state index in [0.717, 1.165) is 21.9 Å². The SMILES string of the molecule is Cc1cc(CSc2ccccc2C(=O)NCc2ccnc(-n3cccn3)c2)on1. The van der Waals surface area contributed by atoms with Crippen LogP contribution >= 0.6 is 11.8 Å². The summed E-state index contributed by atoms with van der Waals surface area (Å²) >= 11 is 1.55. The molecular weight excluding hydrogens is 386 g/mol. The van der Waals surface area contributed by atoms with E-state index >= 15 is 0 Å². The topological polar surface area (TPSA) is 85.8 Å². The number of aryl methyl sites for hydroxylation is 1. The molecule has 1 N–H and O–H groups in total. The van der Waals surface area contributed by atoms with Crippen LogP contribution in [0.15, 0.2) is 76.5 Å². The van der Waals surface area contributed by atoms with Crippen LogP contribution in [0.25, 0.3) is 5.82 Å². The molecule has 0 aliphatic heterocycles. The first-order valence-corrected chi connectivity index (χ1v) is 10.0. The fourth-order valence-electron chi connectivity index (χ4n) is 2.79. The molecule has 1 aromatic carbocycles. The zero-order valence-corrected chi connectivity index (χ0v) is 16.6. The van der Waals surface area contributed by atoms with E-state index in [9.17, 15) is 4.79 Å². The first kappa shape index (κ1) is 18.9. The van der Waals surface area contributed by atoms with Gasteiger partial charge >= 0.3 is 0 Å². The maximum atomic E-state index is 12.8. The highest BCUT2D eigenvalue weighted by Crippen LogP contribution is 2.26. The van der Waals surface area contributed by atoms with Crippen molar-refractivity contribution in [3.05, 3.63) is 89.7 Å². The highest BCUT2D eigenvalue weighted by molar-refractivity contribution is 7.98. The average molecular weight is 405 g/mol. The molecule has 0 saturated carbocycles. The summed E-state index contributed by atoms with van der Waals surface area (Å²) in [6.07, 6.45) is 5.24. The van der Waals surface area contributed by atoms with Crippen LogP contribution in [0.1, 0.15) is 27.4 Å². The number of amides is 1. The lowest BCUT2D eigenvalue weighted by Gasteiger charge is -2.10. The van der Waals surface area contributed by atoms with Gasteiger partial charge in [-0.1, -0.05) is 17.3 Å². The van der Waals surface area contributed by atoms with Crippen molar-refractivity contribution in [1.29, 1.82) is 0 Å². The van der Waals surface area contributed by atoms with Gasteiger partial charge in [0.15, 0.2) is 5.82 Å². The minimum absolute atomic E-state index is 0.126. The molecule has 0 unspecified atom stereocenters. The van der Waals surface area contributed by atoms with E-state index in [1.807, 2.05) is 61.7 Å². The van der Waals surface area contributed by atoms with Crippen LogP contribution < -0.4 is 5.32 Å². The number of nitrogens with one attached hydrogen (secondary N) is 1. The minimum Gasteiger partial charge on any atom is -0.360 e. The lowest BCUT2D eigenvalue weighted by Crippen LogP contribution is -2.23. The molecule has 0 aliphatic rings. The summed E-state index contributed by atoms with van der Waals surface area (Å²) in [4.78, 5) is 18.0. The van der Waals surface area contributed by atoms with Gasteiger partial charge in [0, 0.05) is 36.1 Å². The fraction of sp³-hybridized carbons (Fsp3) is 0.143. The molecule has 0 aliphatic carbocycles. The Morgan fingerprint density at radius 1 is 1.17 bits per heavy atom. The second-order valence-electron chi connectivity index (χ2n) is 6.38. The molecule has 0 spiro atoms. The minimum atomic E-state index is -0.126. The van der Waals surface area contributed by atoms with Crippen LogP contribution in [-0.2, 0) is 12.3 Å². The number of aromatic nitrogens is 4. The maximum absolute atomic E-state index is 12.8. The van der Waals surface area contributed by atoms with E-state index < -0.39 is 0 Å². The number of thioether (sulfide) groups is 1. The van der Waals surface area contributed by atoms with Crippen LogP contribution in [0.5, 0.6) is 0 Å². The molecule has 4 aromatic rings. The van der Waals surface area contributed by atoms with Gasteiger partial charge in [0.2, 0.25) is 0 Å². The Kier molecular flexibility index (Phi) is 5.71. The highest BCUT2D eigenvalue weighted by atomic mass is 32.2. The fourth-order valence-corrected chi connectivity index (χ4v) is 3.72. The third-order valence-electron chi connectivity index (χ3n) is 4.18. The Morgan fingerprint density at radius 2 is 2.07 bits per heavy atom. The summed E-state index contributed by atoms with van der Waals surface area (Å²) in [6.45, 7) is 2.28. The van der Waals surface area contributed by atoms with Crippen molar-refractivity contribution in [2.75, 3.05) is 0 Å². The molecule has 146 valence electrons. The van der Waals surface area contributed by atoms with Crippen molar-refractivity contribution >= 4 is 17.7 Å². The van der Waals surface area contributed by atoms with E-state index in [-0.39, 0.29) is 5.91 Å². The van der Waals surface area contributed by atoms with Crippen LogP contribution in [0.2, 0.25) is 0 Å². The summed E-state index contributed by atoms with van der Waals surface area (Å²) in [7, 11) is 0. The third-order valence-corrected chi connectivity index (χ3v) is 5.28. The van der Waals surface area contributed by atoms with Gasteiger partial charge in [-0.25, -0.2) is 9.67 Å². The Morgan fingerprint density at radius 3 is 2.86 bits per heavy atom. The predicted octanol–water partition coefficient (Wildman–Crippen LogP) is 3.79. The van der Waals surface area contributed by atoms with Crippen molar-refractivity contribution in [2.45, 2.75) is 24.1 Å². The number of pyridine rings is 1. The third kappa shape index (κ3) is 4.72. The molecule has 3 heterocycles. The molecule has 0 radical (unpaired) electrons. The van der Waals surface area contributed by atoms with Gasteiger partial charge in [-0.3, -0.25) is 4.79 Å². The quantitative estimate of drug-likeness (QED) is 0.471. The van der Waals surface area contributed by atoms with E-state index in [4.69, 9.17) is 4.52 Å². The number of hydrogen-bond donors (Lipinski definition) is 1. The van der Waals surface area contributed by atoms with Gasteiger partial charge < -0.3 is 9.84 Å². The Hall–Kier alpha value is -3.39. The maximum Gasteiger partial charge on any atom is 0.252 e. The summed E-state index contributed by atoms with van der Waals surface area (Å²) in [5.41, 5.74) is 2.43. The molecule has 0 atom stereocenters. The van der Waals surface area contributed by atoms with Gasteiger partial charge in [-0.2, -0.15) is 5.10 Å². The first-order chi connectivity index (χ1) is 14.2. The second-order valence-corrected chi connectivity index (χ2v) is 7.39. The summed E-state index contributed by atoms with van der Waals surface area (Å²) in [6, 6.07) is 15.1. The molecule has 0 bridgehead atoms. The van der Waals surface area contributed by atoms with Crippen molar-refractivity contribution in [3.8, 4) is 5.82 Å². The lowest BCUT2D eigenvalue weighted by atomic mass is 10.2. The van der Waals surface area contributed by atoms with Crippen molar-refractivity contribution in [2.24, 2.45) is 0 Å². The number of carbonyl (C=O) groups excluding carboxylic acids is 1. The van der Waals surface area contributed by atoms with Gasteiger partial charge in [0.05, 0.1) is 17.0 Å². The average Bonchev–Trinajstić information content (AvgIpc) is 3.43. The van der Waals surface area contributed by atoms with Crippen LogP contribution in [0.4, 0.5) is 0 Å². The van der Waals surface area contributed by atoms with Crippen LogP contribution in [0, 0.1) is 6.92 Å². The van der Waals surface area contributed by atoms with Gasteiger partial charge in [0.25, 0.3) is 5.91 Å². The van der Waals surface area contributed by atoms with Crippen LogP contribution in [0.3, 0.4) is 0 Å². The van der Waals surface area contributed by atoms with Gasteiger partial charge in [-0.15, -0.1) is 11.8 Å². The monoisotopic (exact) mass is 405 g/mol. The zero-order valence-electron chi connectivity index (χ0n) is 15.8. The first-order valence-electron chi connectivity index (χ1n) is 9.06. The predicted molar refractivity (Wildman–Crippen MR) is 110 cm³/mol. The summed E-state index contributed by atoms with van der Waals surface area (Å²) in [5.74, 6) is 1.98. The standard InChI is InChI=1S/C21H19N5O2S/c1-15-11-17(28-25-15)14-29-19-6-3-2-5-18(19)21(27)23-13-16-7-9-22-20(12-16)26-10-4-8-24-26/h2-12H,13-14H2,1H3,(H,23,27). The second kappa shape index (κ2) is 8.74. The Labute approximate surface area is 172 Å². The molecule has 8 heteroatoms. The van der Waals surface area contributed by atoms with Gasteiger partial charge in [-0.05, 0) is 42.8 Å². The Balaban J connectivity index is 1.42. The Bertz CT molecular complexity index is 1110. The lowest BCUT2D eigenvalue weighted by molar-refractivity contribution is 0.0948. The smallest absolute Gasteiger partial charge is 0.252 e. The van der Waals surface area contributed by atoms with Crippen molar-refractivity contribution in [1.82, 2.24) is 25.2 Å². The molecule has 29 heavy (non-hydrogen) atoms.